The Hall–Kier alpha value is -2.20. The largest absolute Gasteiger partial charge is 0.396 e. The minimum atomic E-state index is 0.188. The van der Waals surface area contributed by atoms with Crippen LogP contribution in [0.3, 0.4) is 0 Å². The second-order valence-corrected chi connectivity index (χ2v) is 8.67. The van der Waals surface area contributed by atoms with Crippen LogP contribution < -0.4 is 5.32 Å². The van der Waals surface area contributed by atoms with Gasteiger partial charge in [0.2, 0.25) is 0 Å². The van der Waals surface area contributed by atoms with Gasteiger partial charge in [0.15, 0.2) is 0 Å². The molecule has 0 heterocycles. The van der Waals surface area contributed by atoms with Crippen LogP contribution in [0.25, 0.3) is 11.1 Å². The van der Waals surface area contributed by atoms with Crippen molar-refractivity contribution in [2.75, 3.05) is 19.7 Å². The minimum absolute atomic E-state index is 0.188. The summed E-state index contributed by atoms with van der Waals surface area (Å²) in [6, 6.07) is 28.1. The maximum atomic E-state index is 9.54. The minimum Gasteiger partial charge on any atom is -0.396 e. The Balaban J connectivity index is 2.03. The van der Waals surface area contributed by atoms with Crippen molar-refractivity contribution in [3.05, 3.63) is 106 Å². The van der Waals surface area contributed by atoms with E-state index in [0.29, 0.717) is 0 Å². The summed E-state index contributed by atoms with van der Waals surface area (Å²) in [5.41, 5.74) is 7.47. The van der Waals surface area contributed by atoms with Crippen LogP contribution in [0.4, 0.5) is 0 Å². The summed E-state index contributed by atoms with van der Waals surface area (Å²) in [7, 11) is 0. The second-order valence-electron chi connectivity index (χ2n) is 7.75. The zero-order valence-electron chi connectivity index (χ0n) is 18.3. The highest BCUT2D eigenvalue weighted by atomic mass is 79.9. The molecule has 0 spiro atoms. The first kappa shape index (κ1) is 23.5. The monoisotopic (exact) mass is 477 g/mol. The van der Waals surface area contributed by atoms with Gasteiger partial charge in [-0.1, -0.05) is 89.6 Å². The molecule has 3 aromatic rings. The van der Waals surface area contributed by atoms with Crippen LogP contribution in [0.1, 0.15) is 48.4 Å². The lowest BCUT2D eigenvalue weighted by Crippen LogP contribution is -2.17. The first-order valence-electron chi connectivity index (χ1n) is 11.2. The van der Waals surface area contributed by atoms with Crippen LogP contribution in [0.5, 0.6) is 0 Å². The lowest BCUT2D eigenvalue weighted by Gasteiger charge is -2.18. The van der Waals surface area contributed by atoms with Gasteiger partial charge >= 0.3 is 0 Å². The van der Waals surface area contributed by atoms with E-state index in [9.17, 15) is 5.11 Å². The zero-order chi connectivity index (χ0) is 21.9. The molecule has 0 unspecified atom stereocenters. The van der Waals surface area contributed by atoms with E-state index in [0.717, 1.165) is 43.2 Å². The molecule has 0 aliphatic heterocycles. The second kappa shape index (κ2) is 12.6. The molecule has 0 saturated heterocycles. The molecule has 0 amide bonds. The number of aliphatic hydroxyl groups is 1. The highest BCUT2D eigenvalue weighted by molar-refractivity contribution is 9.10. The Labute approximate surface area is 195 Å². The van der Waals surface area contributed by atoms with Gasteiger partial charge < -0.3 is 10.4 Å². The molecular formula is C28H32BrNO. The third-order valence-electron chi connectivity index (χ3n) is 5.40. The van der Waals surface area contributed by atoms with Gasteiger partial charge in [0, 0.05) is 11.1 Å². The number of rotatable bonds is 11. The maximum Gasteiger partial charge on any atom is 0.0434 e. The van der Waals surface area contributed by atoms with Gasteiger partial charge in [0.05, 0.1) is 0 Å². The van der Waals surface area contributed by atoms with Gasteiger partial charge in [-0.2, -0.15) is 0 Å². The van der Waals surface area contributed by atoms with E-state index in [1.807, 2.05) is 6.07 Å². The highest BCUT2D eigenvalue weighted by Gasteiger charge is 2.14. The predicted molar refractivity (Wildman–Crippen MR) is 136 cm³/mol. The molecule has 0 aliphatic carbocycles. The normalized spacial score (nSPS) is 12.0. The molecule has 162 valence electrons. The number of allylic oxidation sites excluding steroid dienone is 1. The number of nitrogens with one attached hydrogen (secondary N) is 1. The molecule has 0 aliphatic rings. The lowest BCUT2D eigenvalue weighted by molar-refractivity contribution is 0.290. The molecule has 0 aromatic heterocycles. The lowest BCUT2D eigenvalue weighted by atomic mass is 9.87. The average molecular weight is 478 g/mol. The van der Waals surface area contributed by atoms with E-state index in [4.69, 9.17) is 0 Å². The highest BCUT2D eigenvalue weighted by Crippen LogP contribution is 2.35. The van der Waals surface area contributed by atoms with Gasteiger partial charge in [0.1, 0.15) is 0 Å². The van der Waals surface area contributed by atoms with Crippen molar-refractivity contribution in [2.45, 2.75) is 32.6 Å². The molecule has 3 rings (SSSR count). The van der Waals surface area contributed by atoms with Crippen molar-refractivity contribution in [3.8, 4) is 0 Å². The Bertz CT molecular complexity index is 947. The topological polar surface area (TPSA) is 32.3 Å². The number of aliphatic hydroxyl groups excluding tert-OH is 1. The first-order chi connectivity index (χ1) is 15.2. The molecule has 3 heteroatoms. The molecule has 0 atom stereocenters. The van der Waals surface area contributed by atoms with Crippen LogP contribution >= 0.6 is 15.9 Å². The average Bonchev–Trinajstić information content (AvgIpc) is 2.81. The van der Waals surface area contributed by atoms with Gasteiger partial charge in [-0.15, -0.1) is 0 Å². The molecule has 0 bridgehead atoms. The van der Waals surface area contributed by atoms with Gasteiger partial charge in [-0.25, -0.2) is 0 Å². The van der Waals surface area contributed by atoms with E-state index in [1.54, 1.807) is 0 Å². The van der Waals surface area contributed by atoms with Crippen LogP contribution in [0, 0.1) is 0 Å². The van der Waals surface area contributed by atoms with Crippen molar-refractivity contribution in [3.63, 3.8) is 0 Å². The quantitative estimate of drug-likeness (QED) is 0.237. The van der Waals surface area contributed by atoms with E-state index in [-0.39, 0.29) is 6.61 Å². The van der Waals surface area contributed by atoms with Crippen LogP contribution in [0.2, 0.25) is 0 Å². The van der Waals surface area contributed by atoms with E-state index in [2.05, 4.69) is 101 Å². The summed E-state index contributed by atoms with van der Waals surface area (Å²) in [4.78, 5) is 0. The fraction of sp³-hybridized carbons (Fsp3) is 0.286. The predicted octanol–water partition coefficient (Wildman–Crippen LogP) is 6.72. The van der Waals surface area contributed by atoms with Crippen molar-refractivity contribution < 1.29 is 5.11 Å². The van der Waals surface area contributed by atoms with Gasteiger partial charge in [-0.05, 0) is 84.3 Å². The van der Waals surface area contributed by atoms with Crippen LogP contribution in [0.15, 0.2) is 83.3 Å². The molecule has 2 N–H and O–H groups in total. The van der Waals surface area contributed by atoms with Crippen molar-refractivity contribution >= 4 is 27.1 Å². The smallest absolute Gasteiger partial charge is 0.0434 e. The van der Waals surface area contributed by atoms with Crippen molar-refractivity contribution in [1.29, 1.82) is 0 Å². The van der Waals surface area contributed by atoms with Crippen molar-refractivity contribution in [2.24, 2.45) is 0 Å². The standard InChI is InChI=1S/C28H32BrNO/c1-2-19-30-20-18-22-10-12-24(13-11-22)28(25-14-16-26(29)17-15-25)27(9-6-21-31)23-7-4-3-5-8-23/h3-5,7-8,10-17,30-31H,2,6,9,18-21H2,1H3/b28-27+. The van der Waals surface area contributed by atoms with Crippen LogP contribution in [-0.4, -0.2) is 24.8 Å². The first-order valence-corrected chi connectivity index (χ1v) is 12.0. The molecule has 0 fully saturated rings. The van der Waals surface area contributed by atoms with Crippen LogP contribution in [-0.2, 0) is 6.42 Å². The molecule has 31 heavy (non-hydrogen) atoms. The fourth-order valence-electron chi connectivity index (χ4n) is 3.81. The molecule has 0 radical (unpaired) electrons. The third kappa shape index (κ3) is 6.90. The number of benzene rings is 3. The number of hydrogen-bond acceptors (Lipinski definition) is 2. The third-order valence-corrected chi connectivity index (χ3v) is 5.93. The summed E-state index contributed by atoms with van der Waals surface area (Å²) >= 11 is 3.56. The molecular weight excluding hydrogens is 446 g/mol. The summed E-state index contributed by atoms with van der Waals surface area (Å²) < 4.78 is 1.07. The molecule has 2 nitrogen and oxygen atoms in total. The number of halogens is 1. The molecule has 3 aromatic carbocycles. The van der Waals surface area contributed by atoms with E-state index in [1.165, 1.54) is 33.4 Å². The SMILES string of the molecule is CCCNCCc1ccc(/C(=C(/CCCO)c2ccccc2)c2ccc(Br)cc2)cc1. The Morgan fingerprint density at radius 1 is 0.806 bits per heavy atom. The maximum absolute atomic E-state index is 9.54. The molecule has 0 saturated carbocycles. The zero-order valence-corrected chi connectivity index (χ0v) is 19.9. The van der Waals surface area contributed by atoms with Gasteiger partial charge in [0.25, 0.3) is 0 Å². The Kier molecular flexibility index (Phi) is 9.54. The Morgan fingerprint density at radius 3 is 2.06 bits per heavy atom. The summed E-state index contributed by atoms with van der Waals surface area (Å²) in [5, 5.41) is 13.0. The summed E-state index contributed by atoms with van der Waals surface area (Å²) in [5.74, 6) is 0. The summed E-state index contributed by atoms with van der Waals surface area (Å²) in [6.07, 6.45) is 3.77. The van der Waals surface area contributed by atoms with Gasteiger partial charge in [-0.3, -0.25) is 0 Å². The fourth-order valence-corrected chi connectivity index (χ4v) is 4.08. The van der Waals surface area contributed by atoms with E-state index >= 15 is 0 Å². The Morgan fingerprint density at radius 2 is 1.45 bits per heavy atom. The number of hydrogen-bond donors (Lipinski definition) is 2. The van der Waals surface area contributed by atoms with Crippen molar-refractivity contribution in [1.82, 2.24) is 5.32 Å². The summed E-state index contributed by atoms with van der Waals surface area (Å²) in [6.45, 7) is 4.46. The van der Waals surface area contributed by atoms with E-state index < -0.39 is 0 Å².